The van der Waals surface area contributed by atoms with Gasteiger partial charge in [-0.3, -0.25) is 0 Å². The molecule has 0 aliphatic carbocycles. The summed E-state index contributed by atoms with van der Waals surface area (Å²) in [5.74, 6) is 0.691. The zero-order valence-corrected chi connectivity index (χ0v) is 7.28. The minimum absolute atomic E-state index is 0.0416. The molecule has 2 rings (SSSR count). The van der Waals surface area contributed by atoms with Crippen LogP contribution in [0.2, 0.25) is 0 Å². The first-order chi connectivity index (χ1) is 6.36. The third-order valence-corrected chi connectivity index (χ3v) is 2.08. The van der Waals surface area contributed by atoms with Gasteiger partial charge in [0.2, 0.25) is 0 Å². The average molecular weight is 178 g/mol. The molecule has 1 aromatic heterocycles. The van der Waals surface area contributed by atoms with Gasteiger partial charge in [-0.1, -0.05) is 0 Å². The van der Waals surface area contributed by atoms with E-state index in [1.165, 1.54) is 0 Å². The highest BCUT2D eigenvalue weighted by Gasteiger charge is 2.08. The van der Waals surface area contributed by atoms with Gasteiger partial charge in [-0.25, -0.2) is 0 Å². The van der Waals surface area contributed by atoms with Crippen molar-refractivity contribution in [3.63, 3.8) is 0 Å². The molecule has 1 N–H and O–H groups in total. The highest BCUT2D eigenvalue weighted by atomic mass is 16.5. The second-order valence-corrected chi connectivity index (χ2v) is 2.74. The van der Waals surface area contributed by atoms with Crippen molar-refractivity contribution >= 4 is 11.0 Å². The van der Waals surface area contributed by atoms with E-state index in [4.69, 9.17) is 14.3 Å². The molecule has 1 heterocycles. The van der Waals surface area contributed by atoms with Gasteiger partial charge in [0.05, 0.1) is 20.0 Å². The van der Waals surface area contributed by atoms with E-state index in [9.17, 15) is 0 Å². The Hall–Kier alpha value is -1.48. The first-order valence-electron chi connectivity index (χ1n) is 4.00. The molecule has 0 unspecified atom stereocenters. The summed E-state index contributed by atoms with van der Waals surface area (Å²) >= 11 is 0. The zero-order chi connectivity index (χ0) is 9.26. The Bertz CT molecular complexity index is 417. The van der Waals surface area contributed by atoms with Crippen molar-refractivity contribution in [3.05, 3.63) is 30.0 Å². The molecule has 0 radical (unpaired) electrons. The zero-order valence-electron chi connectivity index (χ0n) is 7.28. The van der Waals surface area contributed by atoms with Crippen LogP contribution in [0, 0.1) is 0 Å². The van der Waals surface area contributed by atoms with Crippen LogP contribution < -0.4 is 4.74 Å². The van der Waals surface area contributed by atoms with Crippen LogP contribution in [0.1, 0.15) is 5.56 Å². The van der Waals surface area contributed by atoms with Gasteiger partial charge < -0.3 is 14.3 Å². The normalized spacial score (nSPS) is 10.6. The van der Waals surface area contributed by atoms with E-state index in [-0.39, 0.29) is 6.61 Å². The summed E-state index contributed by atoms with van der Waals surface area (Å²) in [6.07, 6.45) is 1.60. The molecule has 0 bridgehead atoms. The Morgan fingerprint density at radius 3 is 2.92 bits per heavy atom. The minimum Gasteiger partial charge on any atom is -0.496 e. The van der Waals surface area contributed by atoms with Crippen molar-refractivity contribution < 1.29 is 14.3 Å². The first kappa shape index (κ1) is 8.13. The van der Waals surface area contributed by atoms with Crippen LogP contribution in [0.3, 0.4) is 0 Å². The third kappa shape index (κ3) is 1.17. The molecule has 1 aromatic carbocycles. The lowest BCUT2D eigenvalue weighted by molar-refractivity contribution is 0.275. The lowest BCUT2D eigenvalue weighted by Gasteiger charge is -2.05. The molecule has 0 amide bonds. The Morgan fingerprint density at radius 2 is 2.23 bits per heavy atom. The molecule has 0 spiro atoms. The molecule has 0 aliphatic heterocycles. The van der Waals surface area contributed by atoms with Crippen molar-refractivity contribution in [1.29, 1.82) is 0 Å². The summed E-state index contributed by atoms with van der Waals surface area (Å²) in [6.45, 7) is -0.0416. The fourth-order valence-corrected chi connectivity index (χ4v) is 1.44. The number of hydrogen-bond acceptors (Lipinski definition) is 3. The number of ether oxygens (including phenoxy) is 1. The van der Waals surface area contributed by atoms with Gasteiger partial charge in [0.1, 0.15) is 11.3 Å². The third-order valence-electron chi connectivity index (χ3n) is 2.08. The van der Waals surface area contributed by atoms with Crippen molar-refractivity contribution in [2.24, 2.45) is 0 Å². The summed E-state index contributed by atoms with van der Waals surface area (Å²) < 4.78 is 10.3. The highest BCUT2D eigenvalue weighted by Crippen LogP contribution is 2.28. The Kier molecular flexibility index (Phi) is 1.94. The standard InChI is InChI=1S/C10H10O3/c1-12-9-2-3-10-7(4-5-13-10)8(9)6-11/h2-5,11H,6H2,1H3. The number of methoxy groups -OCH3 is 1. The minimum atomic E-state index is -0.0416. The monoisotopic (exact) mass is 178 g/mol. The fraction of sp³-hybridized carbons (Fsp3) is 0.200. The molecule has 0 fully saturated rings. The van der Waals surface area contributed by atoms with Gasteiger partial charge in [0.25, 0.3) is 0 Å². The molecule has 0 aliphatic rings. The maximum absolute atomic E-state index is 9.14. The van der Waals surface area contributed by atoms with E-state index in [2.05, 4.69) is 0 Å². The average Bonchev–Trinajstić information content (AvgIpc) is 2.63. The fourth-order valence-electron chi connectivity index (χ4n) is 1.44. The van der Waals surface area contributed by atoms with Crippen LogP contribution in [-0.4, -0.2) is 12.2 Å². The molecule has 13 heavy (non-hydrogen) atoms. The van der Waals surface area contributed by atoms with Crippen LogP contribution in [0.25, 0.3) is 11.0 Å². The number of hydrogen-bond donors (Lipinski definition) is 1. The summed E-state index contributed by atoms with van der Waals surface area (Å²) in [5.41, 5.74) is 1.54. The summed E-state index contributed by atoms with van der Waals surface area (Å²) in [6, 6.07) is 5.44. The number of fused-ring (bicyclic) bond motifs is 1. The lowest BCUT2D eigenvalue weighted by Crippen LogP contribution is -1.91. The van der Waals surface area contributed by atoms with Gasteiger partial charge in [0, 0.05) is 10.9 Å². The predicted octanol–water partition coefficient (Wildman–Crippen LogP) is 1.93. The molecule has 0 atom stereocenters. The first-order valence-corrected chi connectivity index (χ1v) is 4.00. The Balaban J connectivity index is 2.74. The number of aliphatic hydroxyl groups excluding tert-OH is 1. The molecule has 3 heteroatoms. The van der Waals surface area contributed by atoms with Crippen molar-refractivity contribution in [2.45, 2.75) is 6.61 Å². The Morgan fingerprint density at radius 1 is 1.38 bits per heavy atom. The van der Waals surface area contributed by atoms with E-state index in [1.54, 1.807) is 19.4 Å². The molecular weight excluding hydrogens is 168 g/mol. The molecule has 68 valence electrons. The molecular formula is C10H10O3. The van der Waals surface area contributed by atoms with Crippen LogP contribution in [0.5, 0.6) is 5.75 Å². The molecule has 0 saturated carbocycles. The van der Waals surface area contributed by atoms with Gasteiger partial charge >= 0.3 is 0 Å². The van der Waals surface area contributed by atoms with E-state index < -0.39 is 0 Å². The van der Waals surface area contributed by atoms with Crippen LogP contribution in [0.4, 0.5) is 0 Å². The van der Waals surface area contributed by atoms with Crippen molar-refractivity contribution in [1.82, 2.24) is 0 Å². The van der Waals surface area contributed by atoms with E-state index in [1.807, 2.05) is 12.1 Å². The maximum Gasteiger partial charge on any atom is 0.134 e. The van der Waals surface area contributed by atoms with Crippen molar-refractivity contribution in [3.8, 4) is 5.75 Å². The second-order valence-electron chi connectivity index (χ2n) is 2.74. The topological polar surface area (TPSA) is 42.6 Å². The number of rotatable bonds is 2. The molecule has 3 nitrogen and oxygen atoms in total. The van der Waals surface area contributed by atoms with E-state index in [0.29, 0.717) is 5.75 Å². The smallest absolute Gasteiger partial charge is 0.134 e. The van der Waals surface area contributed by atoms with Gasteiger partial charge in [0.15, 0.2) is 0 Å². The van der Waals surface area contributed by atoms with Crippen LogP contribution in [-0.2, 0) is 6.61 Å². The number of benzene rings is 1. The number of aliphatic hydroxyl groups is 1. The number of furan rings is 1. The SMILES string of the molecule is COc1ccc2occc2c1CO. The summed E-state index contributed by atoms with van der Waals surface area (Å²) in [4.78, 5) is 0. The second kappa shape index (κ2) is 3.11. The van der Waals surface area contributed by atoms with Crippen LogP contribution >= 0.6 is 0 Å². The van der Waals surface area contributed by atoms with Gasteiger partial charge in [-0.2, -0.15) is 0 Å². The van der Waals surface area contributed by atoms with Crippen molar-refractivity contribution in [2.75, 3.05) is 7.11 Å². The van der Waals surface area contributed by atoms with E-state index >= 15 is 0 Å². The van der Waals surface area contributed by atoms with Gasteiger partial charge in [-0.05, 0) is 18.2 Å². The summed E-state index contributed by atoms with van der Waals surface area (Å²) in [7, 11) is 1.58. The Labute approximate surface area is 75.5 Å². The summed E-state index contributed by atoms with van der Waals surface area (Å²) in [5, 5.41) is 10.0. The predicted molar refractivity (Wildman–Crippen MR) is 48.7 cm³/mol. The van der Waals surface area contributed by atoms with Gasteiger partial charge in [-0.15, -0.1) is 0 Å². The molecule has 2 aromatic rings. The largest absolute Gasteiger partial charge is 0.496 e. The molecule has 0 saturated heterocycles. The maximum atomic E-state index is 9.14. The van der Waals surface area contributed by atoms with E-state index in [0.717, 1.165) is 16.5 Å². The quantitative estimate of drug-likeness (QED) is 0.764. The van der Waals surface area contributed by atoms with Crippen LogP contribution in [0.15, 0.2) is 28.9 Å². The highest BCUT2D eigenvalue weighted by molar-refractivity contribution is 5.83. The lowest BCUT2D eigenvalue weighted by atomic mass is 10.1.